The van der Waals surface area contributed by atoms with Crippen molar-refractivity contribution in [2.45, 2.75) is 19.4 Å². The van der Waals surface area contributed by atoms with E-state index in [9.17, 15) is 4.79 Å². The molecule has 1 aromatic heterocycles. The van der Waals surface area contributed by atoms with Crippen LogP contribution in [0.25, 0.3) is 11.0 Å². The number of carbonyl (C=O) groups excluding carboxylic acids is 1. The third-order valence-corrected chi connectivity index (χ3v) is 3.76. The number of benzene rings is 2. The Labute approximate surface area is 135 Å². The minimum atomic E-state index is -0.186. The number of furan rings is 1. The highest BCUT2D eigenvalue weighted by atomic mass is 16.3. The van der Waals surface area contributed by atoms with Crippen LogP contribution in [0.15, 0.2) is 65.1 Å². The van der Waals surface area contributed by atoms with Crippen LogP contribution < -0.4 is 10.6 Å². The lowest BCUT2D eigenvalue weighted by Crippen LogP contribution is -2.37. The van der Waals surface area contributed by atoms with Gasteiger partial charge in [0.15, 0.2) is 0 Å². The summed E-state index contributed by atoms with van der Waals surface area (Å²) in [5, 5.41) is 6.82. The van der Waals surface area contributed by atoms with E-state index < -0.39 is 0 Å². The smallest absolute Gasteiger partial charge is 0.315 e. The minimum Gasteiger partial charge on any atom is -0.459 e. The molecule has 0 aliphatic carbocycles. The predicted octanol–water partition coefficient (Wildman–Crippen LogP) is 4.04. The molecule has 4 heteroatoms. The van der Waals surface area contributed by atoms with Gasteiger partial charge in [-0.25, -0.2) is 4.79 Å². The number of hydrogen-bond donors (Lipinski definition) is 2. The quantitative estimate of drug-likeness (QED) is 0.747. The lowest BCUT2D eigenvalue weighted by Gasteiger charge is -2.12. The Kier molecular flexibility index (Phi) is 4.62. The summed E-state index contributed by atoms with van der Waals surface area (Å²) in [7, 11) is 0. The van der Waals surface area contributed by atoms with E-state index in [4.69, 9.17) is 4.42 Å². The van der Waals surface area contributed by atoms with Crippen molar-refractivity contribution in [3.63, 3.8) is 0 Å². The number of carbonyl (C=O) groups is 1. The van der Waals surface area contributed by atoms with Gasteiger partial charge < -0.3 is 15.1 Å². The summed E-state index contributed by atoms with van der Waals surface area (Å²) < 4.78 is 5.76. The van der Waals surface area contributed by atoms with E-state index >= 15 is 0 Å². The average Bonchev–Trinajstić information content (AvgIpc) is 3.00. The van der Waals surface area contributed by atoms with Gasteiger partial charge in [0, 0.05) is 11.9 Å². The van der Waals surface area contributed by atoms with Crippen molar-refractivity contribution in [1.29, 1.82) is 0 Å². The fraction of sp³-hybridized carbons (Fsp3) is 0.211. The Morgan fingerprint density at radius 3 is 2.61 bits per heavy atom. The number of amides is 2. The molecule has 3 aromatic rings. The van der Waals surface area contributed by atoms with Gasteiger partial charge in [-0.05, 0) is 31.0 Å². The fourth-order valence-corrected chi connectivity index (χ4v) is 2.50. The van der Waals surface area contributed by atoms with Gasteiger partial charge in [0.05, 0.1) is 6.04 Å². The van der Waals surface area contributed by atoms with Gasteiger partial charge >= 0.3 is 6.03 Å². The molecular formula is C19H20N2O2. The van der Waals surface area contributed by atoms with E-state index in [1.165, 1.54) is 5.56 Å². The van der Waals surface area contributed by atoms with Crippen molar-refractivity contribution in [2.24, 2.45) is 0 Å². The van der Waals surface area contributed by atoms with Crippen LogP contribution in [0.5, 0.6) is 0 Å². The molecule has 0 radical (unpaired) electrons. The summed E-state index contributed by atoms with van der Waals surface area (Å²) in [4.78, 5) is 12.0. The Balaban J connectivity index is 1.51. The third kappa shape index (κ3) is 3.92. The van der Waals surface area contributed by atoms with Gasteiger partial charge in [-0.1, -0.05) is 48.5 Å². The SMILES string of the molecule is CC(NC(=O)NCCc1ccccc1)c1cc2ccccc2o1. The Hall–Kier alpha value is -2.75. The predicted molar refractivity (Wildman–Crippen MR) is 91.3 cm³/mol. The zero-order valence-corrected chi connectivity index (χ0v) is 13.1. The summed E-state index contributed by atoms with van der Waals surface area (Å²) in [6, 6.07) is 19.5. The topological polar surface area (TPSA) is 54.3 Å². The summed E-state index contributed by atoms with van der Waals surface area (Å²) in [6.45, 7) is 2.51. The van der Waals surface area contributed by atoms with E-state index in [0.29, 0.717) is 6.54 Å². The molecule has 1 unspecified atom stereocenters. The number of hydrogen-bond acceptors (Lipinski definition) is 2. The van der Waals surface area contributed by atoms with Crippen LogP contribution in [0.3, 0.4) is 0 Å². The molecule has 0 spiro atoms. The van der Waals surface area contributed by atoms with E-state index in [1.54, 1.807) is 0 Å². The number of para-hydroxylation sites is 1. The van der Waals surface area contributed by atoms with Crippen molar-refractivity contribution in [1.82, 2.24) is 10.6 Å². The normalized spacial score (nSPS) is 12.0. The first-order valence-corrected chi connectivity index (χ1v) is 7.79. The van der Waals surface area contributed by atoms with Crippen LogP contribution >= 0.6 is 0 Å². The summed E-state index contributed by atoms with van der Waals surface area (Å²) in [5.41, 5.74) is 2.04. The van der Waals surface area contributed by atoms with Crippen LogP contribution in [0, 0.1) is 0 Å². The summed E-state index contributed by atoms with van der Waals surface area (Å²) >= 11 is 0. The maximum Gasteiger partial charge on any atom is 0.315 e. The molecule has 0 aliphatic rings. The molecule has 0 aliphatic heterocycles. The third-order valence-electron chi connectivity index (χ3n) is 3.76. The highest BCUT2D eigenvalue weighted by Crippen LogP contribution is 2.23. The molecule has 0 saturated carbocycles. The number of urea groups is 1. The second-order valence-corrected chi connectivity index (χ2v) is 5.54. The molecule has 0 bridgehead atoms. The van der Waals surface area contributed by atoms with Gasteiger partial charge in [0.1, 0.15) is 11.3 Å². The molecule has 118 valence electrons. The highest BCUT2D eigenvalue weighted by molar-refractivity contribution is 5.78. The zero-order valence-electron chi connectivity index (χ0n) is 13.1. The minimum absolute atomic E-state index is 0.181. The van der Waals surface area contributed by atoms with Crippen molar-refractivity contribution >= 4 is 17.0 Å². The average molecular weight is 308 g/mol. The maximum absolute atomic E-state index is 12.0. The van der Waals surface area contributed by atoms with Crippen LogP contribution in [0.4, 0.5) is 4.79 Å². The molecule has 3 rings (SSSR count). The Bertz CT molecular complexity index is 747. The standard InChI is InChI=1S/C19H20N2O2/c1-14(18-13-16-9-5-6-10-17(16)23-18)21-19(22)20-12-11-15-7-3-2-4-8-15/h2-10,13-14H,11-12H2,1H3,(H2,20,21,22). The van der Waals surface area contributed by atoms with Gasteiger partial charge in [-0.2, -0.15) is 0 Å². The second-order valence-electron chi connectivity index (χ2n) is 5.54. The lowest BCUT2D eigenvalue weighted by atomic mass is 10.1. The maximum atomic E-state index is 12.0. The first-order chi connectivity index (χ1) is 11.2. The van der Waals surface area contributed by atoms with E-state index in [1.807, 2.05) is 55.5 Å². The van der Waals surface area contributed by atoms with Gasteiger partial charge in [0.2, 0.25) is 0 Å². The second kappa shape index (κ2) is 7.01. The van der Waals surface area contributed by atoms with Gasteiger partial charge in [-0.15, -0.1) is 0 Å². The van der Waals surface area contributed by atoms with E-state index in [2.05, 4.69) is 22.8 Å². The van der Waals surface area contributed by atoms with Crippen molar-refractivity contribution in [3.05, 3.63) is 72.0 Å². The first kappa shape index (κ1) is 15.2. The molecule has 2 N–H and O–H groups in total. The summed E-state index contributed by atoms with van der Waals surface area (Å²) in [5.74, 6) is 0.754. The molecule has 2 aromatic carbocycles. The molecule has 0 fully saturated rings. The molecule has 0 saturated heterocycles. The van der Waals surface area contributed by atoms with E-state index in [0.717, 1.165) is 23.2 Å². The molecule has 1 atom stereocenters. The first-order valence-electron chi connectivity index (χ1n) is 7.79. The van der Waals surface area contributed by atoms with Crippen LogP contribution in [-0.2, 0) is 6.42 Å². The molecule has 23 heavy (non-hydrogen) atoms. The molecule has 4 nitrogen and oxygen atoms in total. The van der Waals surface area contributed by atoms with Gasteiger partial charge in [-0.3, -0.25) is 0 Å². The summed E-state index contributed by atoms with van der Waals surface area (Å²) in [6.07, 6.45) is 0.813. The van der Waals surface area contributed by atoms with Gasteiger partial charge in [0.25, 0.3) is 0 Å². The number of rotatable bonds is 5. The Morgan fingerprint density at radius 1 is 1.09 bits per heavy atom. The molecule has 2 amide bonds. The van der Waals surface area contributed by atoms with Crippen LogP contribution in [-0.4, -0.2) is 12.6 Å². The van der Waals surface area contributed by atoms with Crippen molar-refractivity contribution in [2.75, 3.05) is 6.54 Å². The largest absolute Gasteiger partial charge is 0.459 e. The zero-order chi connectivity index (χ0) is 16.1. The number of nitrogens with one attached hydrogen (secondary N) is 2. The number of fused-ring (bicyclic) bond motifs is 1. The van der Waals surface area contributed by atoms with Crippen molar-refractivity contribution < 1.29 is 9.21 Å². The molecular weight excluding hydrogens is 288 g/mol. The fourth-order valence-electron chi connectivity index (χ4n) is 2.50. The lowest BCUT2D eigenvalue weighted by molar-refractivity contribution is 0.236. The van der Waals surface area contributed by atoms with Crippen LogP contribution in [0.2, 0.25) is 0 Å². The van der Waals surface area contributed by atoms with Crippen molar-refractivity contribution in [3.8, 4) is 0 Å². The van der Waals surface area contributed by atoms with Crippen LogP contribution in [0.1, 0.15) is 24.3 Å². The van der Waals surface area contributed by atoms with E-state index in [-0.39, 0.29) is 12.1 Å². The highest BCUT2D eigenvalue weighted by Gasteiger charge is 2.13. The Morgan fingerprint density at radius 2 is 1.83 bits per heavy atom. The molecule has 1 heterocycles. The monoisotopic (exact) mass is 308 g/mol.